The van der Waals surface area contributed by atoms with Crippen LogP contribution in [-0.4, -0.2) is 18.0 Å². The van der Waals surface area contributed by atoms with Gasteiger partial charge in [0.25, 0.3) is 5.91 Å². The van der Waals surface area contributed by atoms with Gasteiger partial charge in [-0.05, 0) is 37.8 Å². The lowest BCUT2D eigenvalue weighted by atomic mass is 10.1. The number of halogens is 2. The van der Waals surface area contributed by atoms with Crippen LogP contribution >= 0.6 is 0 Å². The molecule has 0 saturated heterocycles. The molecule has 0 radical (unpaired) electrons. The van der Waals surface area contributed by atoms with Crippen LogP contribution in [0.4, 0.5) is 14.5 Å². The molecule has 0 fully saturated rings. The van der Waals surface area contributed by atoms with Crippen molar-refractivity contribution in [1.29, 1.82) is 0 Å². The van der Waals surface area contributed by atoms with Crippen LogP contribution in [0.1, 0.15) is 26.2 Å². The van der Waals surface area contributed by atoms with Crippen LogP contribution in [-0.2, 0) is 14.3 Å². The number of carbonyl (C=O) groups is 2. The van der Waals surface area contributed by atoms with Crippen molar-refractivity contribution in [2.24, 2.45) is 5.92 Å². The molecule has 1 amide bonds. The second kappa shape index (κ2) is 7.15. The Morgan fingerprint density at radius 2 is 2.14 bits per heavy atom. The zero-order valence-corrected chi connectivity index (χ0v) is 12.1. The summed E-state index contributed by atoms with van der Waals surface area (Å²) in [6.07, 6.45) is 5.06. The quantitative estimate of drug-likeness (QED) is 0.671. The maximum atomic E-state index is 13.1. The SMILES string of the molecule is C[C@H](OC(=O)C[C@H]1C=CCC1)C(=O)Nc1ccc(F)c(F)c1. The number of ether oxygens (including phenoxy) is 1. The minimum Gasteiger partial charge on any atom is -0.453 e. The normalized spacial score (nSPS) is 18.0. The fourth-order valence-corrected chi connectivity index (χ4v) is 2.20. The van der Waals surface area contributed by atoms with Crippen molar-refractivity contribution in [3.05, 3.63) is 42.0 Å². The number of nitrogens with one attached hydrogen (secondary N) is 1. The first-order valence-electron chi connectivity index (χ1n) is 7.08. The maximum absolute atomic E-state index is 13.1. The molecule has 6 heteroatoms. The zero-order valence-electron chi connectivity index (χ0n) is 12.1. The van der Waals surface area contributed by atoms with E-state index in [1.807, 2.05) is 12.2 Å². The lowest BCUT2D eigenvalue weighted by Gasteiger charge is -2.15. The molecule has 0 saturated carbocycles. The monoisotopic (exact) mass is 309 g/mol. The van der Waals surface area contributed by atoms with Crippen molar-refractivity contribution < 1.29 is 23.1 Å². The van der Waals surface area contributed by atoms with Crippen molar-refractivity contribution in [2.75, 3.05) is 5.32 Å². The molecule has 1 aromatic rings. The molecular formula is C16H17F2NO3. The average Bonchev–Trinajstić information content (AvgIpc) is 2.95. The number of amides is 1. The summed E-state index contributed by atoms with van der Waals surface area (Å²) in [4.78, 5) is 23.6. The van der Waals surface area contributed by atoms with Crippen LogP contribution in [0.25, 0.3) is 0 Å². The second-order valence-electron chi connectivity index (χ2n) is 5.22. The Morgan fingerprint density at radius 3 is 2.77 bits per heavy atom. The predicted molar refractivity (Wildman–Crippen MR) is 77.0 cm³/mol. The van der Waals surface area contributed by atoms with Gasteiger partial charge in [0.05, 0.1) is 6.42 Å². The van der Waals surface area contributed by atoms with E-state index in [4.69, 9.17) is 4.74 Å². The third kappa shape index (κ3) is 4.38. The molecule has 1 aliphatic rings. The largest absolute Gasteiger partial charge is 0.453 e. The Bertz CT molecular complexity index is 601. The summed E-state index contributed by atoms with van der Waals surface area (Å²) >= 11 is 0. The molecule has 0 bridgehead atoms. The van der Waals surface area contributed by atoms with E-state index < -0.39 is 29.6 Å². The maximum Gasteiger partial charge on any atom is 0.307 e. The first-order chi connectivity index (χ1) is 10.5. The van der Waals surface area contributed by atoms with Crippen LogP contribution < -0.4 is 5.32 Å². The molecule has 1 N–H and O–H groups in total. The lowest BCUT2D eigenvalue weighted by Crippen LogP contribution is -2.30. The summed E-state index contributed by atoms with van der Waals surface area (Å²) in [5.74, 6) is -2.95. The standard InChI is InChI=1S/C16H17F2NO3/c1-10(22-15(20)8-11-4-2-3-5-11)16(21)19-12-6-7-13(17)14(18)9-12/h2,4,6-7,9-11H,3,5,8H2,1H3,(H,19,21)/t10-,11-/m0/s1. The van der Waals surface area contributed by atoms with E-state index in [1.165, 1.54) is 13.0 Å². The number of benzene rings is 1. The van der Waals surface area contributed by atoms with Crippen molar-refractivity contribution in [2.45, 2.75) is 32.3 Å². The average molecular weight is 309 g/mol. The van der Waals surface area contributed by atoms with Crippen LogP contribution in [0.5, 0.6) is 0 Å². The zero-order chi connectivity index (χ0) is 16.1. The van der Waals surface area contributed by atoms with E-state index >= 15 is 0 Å². The smallest absolute Gasteiger partial charge is 0.307 e. The molecule has 1 aliphatic carbocycles. The summed E-state index contributed by atoms with van der Waals surface area (Å²) in [6, 6.07) is 3.01. The van der Waals surface area contributed by atoms with Gasteiger partial charge in [0.1, 0.15) is 0 Å². The third-order valence-corrected chi connectivity index (χ3v) is 3.41. The van der Waals surface area contributed by atoms with E-state index in [1.54, 1.807) is 0 Å². The lowest BCUT2D eigenvalue weighted by molar-refractivity contribution is -0.153. The van der Waals surface area contributed by atoms with Gasteiger partial charge < -0.3 is 10.1 Å². The first kappa shape index (κ1) is 16.1. The number of hydrogen-bond acceptors (Lipinski definition) is 3. The molecule has 22 heavy (non-hydrogen) atoms. The van der Waals surface area contributed by atoms with Gasteiger partial charge in [0, 0.05) is 11.8 Å². The predicted octanol–water partition coefficient (Wildman–Crippen LogP) is 3.19. The summed E-state index contributed by atoms with van der Waals surface area (Å²) in [6.45, 7) is 1.43. The Kier molecular flexibility index (Phi) is 5.25. The molecule has 0 aliphatic heterocycles. The Morgan fingerprint density at radius 1 is 1.36 bits per heavy atom. The number of esters is 1. The number of rotatable bonds is 5. The van der Waals surface area contributed by atoms with Crippen LogP contribution in [0.15, 0.2) is 30.4 Å². The van der Waals surface area contributed by atoms with Crippen LogP contribution in [0.3, 0.4) is 0 Å². The van der Waals surface area contributed by atoms with Crippen LogP contribution in [0, 0.1) is 17.6 Å². The Balaban J connectivity index is 1.84. The first-order valence-corrected chi connectivity index (χ1v) is 7.08. The fraction of sp³-hybridized carbons (Fsp3) is 0.375. The molecule has 118 valence electrons. The Hall–Kier alpha value is -2.24. The van der Waals surface area contributed by atoms with E-state index in [0.29, 0.717) is 0 Å². The van der Waals surface area contributed by atoms with Gasteiger partial charge in [0.2, 0.25) is 0 Å². The van der Waals surface area contributed by atoms with E-state index in [2.05, 4.69) is 5.32 Å². The third-order valence-electron chi connectivity index (χ3n) is 3.41. The summed E-state index contributed by atoms with van der Waals surface area (Å²) in [5, 5.41) is 2.37. The number of allylic oxidation sites excluding steroid dienone is 2. The van der Waals surface area contributed by atoms with Crippen LogP contribution in [0.2, 0.25) is 0 Å². The molecule has 2 atom stereocenters. The highest BCUT2D eigenvalue weighted by Gasteiger charge is 2.21. The fourth-order valence-electron chi connectivity index (χ4n) is 2.20. The highest BCUT2D eigenvalue weighted by molar-refractivity contribution is 5.95. The topological polar surface area (TPSA) is 55.4 Å². The summed E-state index contributed by atoms with van der Waals surface area (Å²) < 4.78 is 30.9. The minimum absolute atomic E-state index is 0.102. The summed E-state index contributed by atoms with van der Waals surface area (Å²) in [7, 11) is 0. The molecule has 0 spiro atoms. The molecule has 2 rings (SSSR count). The highest BCUT2D eigenvalue weighted by atomic mass is 19.2. The van der Waals surface area contributed by atoms with Gasteiger partial charge in [-0.15, -0.1) is 0 Å². The number of hydrogen-bond donors (Lipinski definition) is 1. The van der Waals surface area contributed by atoms with Crippen molar-refractivity contribution in [3.63, 3.8) is 0 Å². The van der Waals surface area contributed by atoms with E-state index in [-0.39, 0.29) is 18.0 Å². The van der Waals surface area contributed by atoms with Gasteiger partial charge in [0.15, 0.2) is 17.7 Å². The van der Waals surface area contributed by atoms with Crippen molar-refractivity contribution >= 4 is 17.6 Å². The van der Waals surface area contributed by atoms with Gasteiger partial charge in [-0.2, -0.15) is 0 Å². The van der Waals surface area contributed by atoms with E-state index in [0.717, 1.165) is 25.0 Å². The molecule has 4 nitrogen and oxygen atoms in total. The summed E-state index contributed by atoms with van der Waals surface area (Å²) in [5.41, 5.74) is 0.102. The number of carbonyl (C=O) groups excluding carboxylic acids is 2. The molecule has 0 aromatic heterocycles. The van der Waals surface area contributed by atoms with Crippen molar-refractivity contribution in [1.82, 2.24) is 0 Å². The Labute approximate surface area is 127 Å². The van der Waals surface area contributed by atoms with Gasteiger partial charge in [-0.3, -0.25) is 9.59 Å². The molecular weight excluding hydrogens is 292 g/mol. The molecule has 0 heterocycles. The van der Waals surface area contributed by atoms with E-state index in [9.17, 15) is 18.4 Å². The van der Waals surface area contributed by atoms with Gasteiger partial charge in [-0.1, -0.05) is 12.2 Å². The van der Waals surface area contributed by atoms with Gasteiger partial charge >= 0.3 is 5.97 Å². The van der Waals surface area contributed by atoms with Gasteiger partial charge in [-0.25, -0.2) is 8.78 Å². The highest BCUT2D eigenvalue weighted by Crippen LogP contribution is 2.21. The minimum atomic E-state index is -1.06. The molecule has 0 unspecified atom stereocenters. The molecule has 1 aromatic carbocycles. The second-order valence-corrected chi connectivity index (χ2v) is 5.22. The van der Waals surface area contributed by atoms with Crippen molar-refractivity contribution in [3.8, 4) is 0 Å². The number of anilines is 1.